The lowest BCUT2D eigenvalue weighted by Crippen LogP contribution is -2.40. The number of aryl methyl sites for hydroxylation is 1. The molecule has 1 N–H and O–H groups in total. The molecule has 0 bridgehead atoms. The van der Waals surface area contributed by atoms with Crippen LogP contribution in [0.1, 0.15) is 30.9 Å². The summed E-state index contributed by atoms with van der Waals surface area (Å²) in [6, 6.07) is 18.2. The van der Waals surface area contributed by atoms with E-state index in [1.54, 1.807) is 11.8 Å². The van der Waals surface area contributed by atoms with Crippen molar-refractivity contribution in [3.05, 3.63) is 72.1 Å². The van der Waals surface area contributed by atoms with Crippen LogP contribution in [0.2, 0.25) is 0 Å². The van der Waals surface area contributed by atoms with Gasteiger partial charge in [0.15, 0.2) is 0 Å². The van der Waals surface area contributed by atoms with Gasteiger partial charge in [-0.15, -0.1) is 11.8 Å². The molecule has 1 aromatic heterocycles. The van der Waals surface area contributed by atoms with E-state index >= 15 is 0 Å². The van der Waals surface area contributed by atoms with Crippen molar-refractivity contribution >= 4 is 23.5 Å². The number of nitrogens with one attached hydrogen (secondary N) is 1. The fourth-order valence-electron chi connectivity index (χ4n) is 3.92. The van der Waals surface area contributed by atoms with Crippen molar-refractivity contribution in [2.75, 3.05) is 24.2 Å². The van der Waals surface area contributed by atoms with Crippen LogP contribution in [0.5, 0.6) is 11.6 Å². The molecule has 0 radical (unpaired) electrons. The first-order valence-corrected chi connectivity index (χ1v) is 12.6. The number of hydrogen-bond acceptors (Lipinski definition) is 6. The van der Waals surface area contributed by atoms with Crippen molar-refractivity contribution in [3.63, 3.8) is 0 Å². The summed E-state index contributed by atoms with van der Waals surface area (Å²) in [7, 11) is 0. The third kappa shape index (κ3) is 6.26. The third-order valence-corrected chi connectivity index (χ3v) is 6.74. The maximum atomic E-state index is 12.7. The second-order valence-corrected chi connectivity index (χ2v) is 9.02. The summed E-state index contributed by atoms with van der Waals surface area (Å²) in [6.07, 6.45) is 6.19. The average molecular weight is 463 g/mol. The van der Waals surface area contributed by atoms with Crippen LogP contribution in [0.4, 0.5) is 5.82 Å². The maximum Gasteiger partial charge on any atom is 0.224 e. The number of carbonyl (C=O) groups excluding carboxylic acids is 1. The van der Waals surface area contributed by atoms with Gasteiger partial charge in [-0.1, -0.05) is 31.2 Å². The lowest BCUT2D eigenvalue weighted by molar-refractivity contribution is -0.125. The second-order valence-electron chi connectivity index (χ2n) is 8.14. The van der Waals surface area contributed by atoms with Crippen molar-refractivity contribution in [2.45, 2.75) is 37.6 Å². The number of aromatic nitrogens is 2. The molecule has 1 aliphatic heterocycles. The van der Waals surface area contributed by atoms with Gasteiger partial charge >= 0.3 is 0 Å². The fourth-order valence-corrected chi connectivity index (χ4v) is 4.33. The van der Waals surface area contributed by atoms with Gasteiger partial charge in [0.1, 0.15) is 17.9 Å². The summed E-state index contributed by atoms with van der Waals surface area (Å²) < 4.78 is 5.91. The van der Waals surface area contributed by atoms with E-state index in [-0.39, 0.29) is 11.8 Å². The normalized spacial score (nSPS) is 14.2. The van der Waals surface area contributed by atoms with E-state index in [1.807, 2.05) is 18.2 Å². The Hall–Kier alpha value is -3.06. The van der Waals surface area contributed by atoms with Crippen LogP contribution >= 0.6 is 11.8 Å². The summed E-state index contributed by atoms with van der Waals surface area (Å²) >= 11 is 1.72. The van der Waals surface area contributed by atoms with Crippen LogP contribution < -0.4 is 15.0 Å². The Labute approximate surface area is 199 Å². The van der Waals surface area contributed by atoms with Gasteiger partial charge in [0.05, 0.1) is 0 Å². The smallest absolute Gasteiger partial charge is 0.224 e. The molecular weight excluding hydrogens is 432 g/mol. The van der Waals surface area contributed by atoms with Crippen LogP contribution in [0, 0.1) is 5.92 Å². The maximum absolute atomic E-state index is 12.7. The van der Waals surface area contributed by atoms with E-state index in [9.17, 15) is 4.79 Å². The van der Waals surface area contributed by atoms with Crippen molar-refractivity contribution < 1.29 is 9.53 Å². The number of hydrogen-bond donors (Lipinski definition) is 1. The Bertz CT molecular complexity index is 1050. The first-order chi connectivity index (χ1) is 16.1. The quantitative estimate of drug-likeness (QED) is 0.471. The molecule has 2 heterocycles. The molecule has 0 saturated carbocycles. The highest BCUT2D eigenvalue weighted by Crippen LogP contribution is 2.26. The number of ether oxygens (including phenoxy) is 1. The topological polar surface area (TPSA) is 67.3 Å². The first-order valence-electron chi connectivity index (χ1n) is 11.4. The molecule has 0 spiro atoms. The summed E-state index contributed by atoms with van der Waals surface area (Å²) in [6.45, 7) is 4.26. The molecule has 6 nitrogen and oxygen atoms in total. The number of thioether (sulfide) groups is 1. The number of nitrogens with zero attached hydrogens (tertiary/aromatic N) is 3. The zero-order valence-electron chi connectivity index (χ0n) is 19.2. The predicted molar refractivity (Wildman–Crippen MR) is 133 cm³/mol. The summed E-state index contributed by atoms with van der Waals surface area (Å²) in [5, 5.41) is 3.10. The van der Waals surface area contributed by atoms with Gasteiger partial charge in [-0.05, 0) is 60.9 Å². The van der Waals surface area contributed by atoms with Crippen molar-refractivity contribution in [2.24, 2.45) is 5.92 Å². The van der Waals surface area contributed by atoms with Crippen LogP contribution in [-0.4, -0.2) is 35.2 Å². The molecule has 172 valence electrons. The number of benzene rings is 2. The molecule has 1 amide bonds. The van der Waals surface area contributed by atoms with Gasteiger partial charge < -0.3 is 15.0 Å². The van der Waals surface area contributed by atoms with Gasteiger partial charge in [0.2, 0.25) is 11.8 Å². The number of amides is 1. The third-order valence-electron chi connectivity index (χ3n) is 6.00. The van der Waals surface area contributed by atoms with Crippen LogP contribution in [-0.2, 0) is 17.8 Å². The van der Waals surface area contributed by atoms with E-state index in [4.69, 9.17) is 4.74 Å². The molecule has 0 atom stereocenters. The standard InChI is InChI=1S/C26H30N4O2S/c1-3-19-4-8-22(9-5-19)32-25-16-24(28-18-29-25)30-14-12-21(13-15-30)26(31)27-17-20-6-10-23(33-2)11-7-20/h4-11,16,18,21H,3,12-15,17H2,1-2H3,(H,27,31). The highest BCUT2D eigenvalue weighted by molar-refractivity contribution is 7.98. The van der Waals surface area contributed by atoms with Gasteiger partial charge in [0, 0.05) is 36.5 Å². The first kappa shape index (κ1) is 23.1. The van der Waals surface area contributed by atoms with Gasteiger partial charge in [-0.3, -0.25) is 4.79 Å². The molecule has 7 heteroatoms. The molecule has 1 aliphatic rings. The molecule has 3 aromatic rings. The van der Waals surface area contributed by atoms with E-state index in [1.165, 1.54) is 16.8 Å². The molecular formula is C26H30N4O2S. The predicted octanol–water partition coefficient (Wildman–Crippen LogP) is 5.09. The number of carbonyl (C=O) groups is 1. The van der Waals surface area contributed by atoms with Crippen molar-refractivity contribution in [1.29, 1.82) is 0 Å². The molecule has 1 fully saturated rings. The van der Waals surface area contributed by atoms with Crippen molar-refractivity contribution in [1.82, 2.24) is 15.3 Å². The number of piperidine rings is 1. The molecule has 0 aliphatic carbocycles. The second kappa shape index (κ2) is 11.2. The van der Waals surface area contributed by atoms with E-state index in [2.05, 4.69) is 69.8 Å². The van der Waals surface area contributed by atoms with Crippen molar-refractivity contribution in [3.8, 4) is 11.6 Å². The lowest BCUT2D eigenvalue weighted by Gasteiger charge is -2.32. The Morgan fingerprint density at radius 1 is 1.06 bits per heavy atom. The average Bonchev–Trinajstić information content (AvgIpc) is 2.88. The minimum absolute atomic E-state index is 0.0290. The Kier molecular flexibility index (Phi) is 7.83. The van der Waals surface area contributed by atoms with Gasteiger partial charge in [-0.2, -0.15) is 0 Å². The SMILES string of the molecule is CCc1ccc(Oc2cc(N3CCC(C(=O)NCc4ccc(SC)cc4)CC3)ncn2)cc1. The summed E-state index contributed by atoms with van der Waals surface area (Å²) in [4.78, 5) is 24.8. The monoisotopic (exact) mass is 462 g/mol. The van der Waals surface area contributed by atoms with Gasteiger partial charge in [-0.25, -0.2) is 9.97 Å². The van der Waals surface area contributed by atoms with Crippen LogP contribution in [0.25, 0.3) is 0 Å². The lowest BCUT2D eigenvalue weighted by atomic mass is 9.96. The summed E-state index contributed by atoms with van der Waals surface area (Å²) in [5.41, 5.74) is 2.39. The molecule has 2 aromatic carbocycles. The van der Waals surface area contributed by atoms with E-state index in [0.717, 1.165) is 49.5 Å². The minimum Gasteiger partial charge on any atom is -0.439 e. The number of rotatable bonds is 8. The zero-order chi connectivity index (χ0) is 23.0. The van der Waals surface area contributed by atoms with Gasteiger partial charge in [0.25, 0.3) is 0 Å². The van der Waals surface area contributed by atoms with Crippen LogP contribution in [0.15, 0.2) is 65.8 Å². The molecule has 4 rings (SSSR count). The largest absolute Gasteiger partial charge is 0.439 e. The van der Waals surface area contributed by atoms with E-state index < -0.39 is 0 Å². The molecule has 0 unspecified atom stereocenters. The van der Waals surface area contributed by atoms with Crippen LogP contribution in [0.3, 0.4) is 0 Å². The Balaban J connectivity index is 1.28. The molecule has 1 saturated heterocycles. The molecule has 33 heavy (non-hydrogen) atoms. The minimum atomic E-state index is 0.0290. The highest BCUT2D eigenvalue weighted by Gasteiger charge is 2.25. The fraction of sp³-hybridized carbons (Fsp3) is 0.346. The van der Waals surface area contributed by atoms with E-state index in [0.29, 0.717) is 12.4 Å². The zero-order valence-corrected chi connectivity index (χ0v) is 20.0. The Morgan fingerprint density at radius 3 is 2.42 bits per heavy atom. The highest BCUT2D eigenvalue weighted by atomic mass is 32.2. The summed E-state index contributed by atoms with van der Waals surface area (Å²) in [5.74, 6) is 2.28. The Morgan fingerprint density at radius 2 is 1.76 bits per heavy atom. The number of anilines is 1.